The maximum absolute atomic E-state index is 12.9. The minimum absolute atomic E-state index is 0.105. The maximum Gasteiger partial charge on any atom is 0.255 e. The second kappa shape index (κ2) is 11.0. The van der Waals surface area contributed by atoms with Crippen LogP contribution >= 0.6 is 11.6 Å². The van der Waals surface area contributed by atoms with Crippen LogP contribution < -0.4 is 14.8 Å². The van der Waals surface area contributed by atoms with Crippen LogP contribution in [0.25, 0.3) is 0 Å². The van der Waals surface area contributed by atoms with Gasteiger partial charge in [-0.1, -0.05) is 24.6 Å². The predicted octanol–water partition coefficient (Wildman–Crippen LogP) is 3.80. The lowest BCUT2D eigenvalue weighted by atomic mass is 10.1. The lowest BCUT2D eigenvalue weighted by Gasteiger charge is -2.26. The molecule has 0 bridgehead atoms. The molecule has 10 heteroatoms. The molecule has 0 unspecified atom stereocenters. The topological polar surface area (TPSA) is 94.2 Å². The van der Waals surface area contributed by atoms with Gasteiger partial charge < -0.3 is 19.5 Å². The summed E-state index contributed by atoms with van der Waals surface area (Å²) in [5.74, 6) is 0.323. The first-order valence-electron chi connectivity index (χ1n) is 10.4. The molecule has 0 saturated carbocycles. The van der Waals surface area contributed by atoms with Gasteiger partial charge in [0, 0.05) is 24.3 Å². The van der Waals surface area contributed by atoms with Gasteiger partial charge in [-0.05, 0) is 43.7 Å². The molecule has 0 atom stereocenters. The molecular formula is C22H27ClN2O6S. The van der Waals surface area contributed by atoms with Crippen molar-refractivity contribution < 1.29 is 27.4 Å². The zero-order chi connectivity index (χ0) is 23.1. The summed E-state index contributed by atoms with van der Waals surface area (Å²) in [6.45, 7) is 5.95. The highest BCUT2D eigenvalue weighted by Gasteiger charge is 2.26. The number of nitrogens with zero attached hydrogens (tertiary/aromatic N) is 1. The minimum Gasteiger partial charge on any atom is -0.490 e. The van der Waals surface area contributed by atoms with Crippen LogP contribution in [0.15, 0.2) is 41.3 Å². The third-order valence-corrected chi connectivity index (χ3v) is 6.90. The summed E-state index contributed by atoms with van der Waals surface area (Å²) < 4.78 is 43.7. The van der Waals surface area contributed by atoms with Crippen LogP contribution in [0.1, 0.15) is 30.6 Å². The number of sulfonamides is 1. The van der Waals surface area contributed by atoms with Crippen LogP contribution in [0.5, 0.6) is 11.5 Å². The molecule has 2 aromatic rings. The standard InChI is InChI=1S/C22H27ClN2O6S/c1-3-10-31-21-19(23)13-16(14-20(21)30-4-2)22(26)24-17-6-5-7-18(15-17)32(27,28)25-8-11-29-12-9-25/h5-7,13-15H,3-4,8-12H2,1-2H3,(H,24,26). The molecule has 0 radical (unpaired) electrons. The van der Waals surface area contributed by atoms with Gasteiger partial charge in [0.25, 0.3) is 5.91 Å². The lowest BCUT2D eigenvalue weighted by Crippen LogP contribution is -2.40. The number of amides is 1. The zero-order valence-electron chi connectivity index (χ0n) is 18.1. The number of anilines is 1. The van der Waals surface area contributed by atoms with E-state index in [1.807, 2.05) is 13.8 Å². The number of hydrogen-bond donors (Lipinski definition) is 1. The number of carbonyl (C=O) groups excluding carboxylic acids is 1. The smallest absolute Gasteiger partial charge is 0.255 e. The molecule has 1 fully saturated rings. The summed E-state index contributed by atoms with van der Waals surface area (Å²) in [6, 6.07) is 9.21. The highest BCUT2D eigenvalue weighted by molar-refractivity contribution is 7.89. The maximum atomic E-state index is 12.9. The molecule has 0 aliphatic carbocycles. The first kappa shape index (κ1) is 24.3. The van der Waals surface area contributed by atoms with E-state index in [0.29, 0.717) is 56.7 Å². The van der Waals surface area contributed by atoms with E-state index in [2.05, 4.69) is 5.32 Å². The highest BCUT2D eigenvalue weighted by atomic mass is 35.5. The first-order valence-corrected chi connectivity index (χ1v) is 12.3. The summed E-state index contributed by atoms with van der Waals surface area (Å²) in [4.78, 5) is 13.0. The fourth-order valence-electron chi connectivity index (χ4n) is 3.18. The van der Waals surface area contributed by atoms with E-state index in [1.54, 1.807) is 18.2 Å². The fourth-order valence-corrected chi connectivity index (χ4v) is 4.90. The molecule has 3 rings (SSSR count). The second-order valence-corrected chi connectivity index (χ2v) is 9.41. The van der Waals surface area contributed by atoms with Gasteiger partial charge in [0.1, 0.15) is 0 Å². The van der Waals surface area contributed by atoms with Crippen LogP contribution in [0.2, 0.25) is 5.02 Å². The molecule has 1 heterocycles. The summed E-state index contributed by atoms with van der Waals surface area (Å²) in [7, 11) is -3.68. The van der Waals surface area contributed by atoms with Crippen molar-refractivity contribution in [2.24, 2.45) is 0 Å². The third kappa shape index (κ3) is 5.72. The predicted molar refractivity (Wildman–Crippen MR) is 122 cm³/mol. The Balaban J connectivity index is 1.82. The summed E-state index contributed by atoms with van der Waals surface area (Å²) >= 11 is 6.34. The molecule has 174 valence electrons. The molecule has 32 heavy (non-hydrogen) atoms. The van der Waals surface area contributed by atoms with Crippen molar-refractivity contribution in [3.8, 4) is 11.5 Å². The van der Waals surface area contributed by atoms with Gasteiger partial charge in [-0.2, -0.15) is 4.31 Å². The van der Waals surface area contributed by atoms with Gasteiger partial charge in [-0.25, -0.2) is 8.42 Å². The Morgan fingerprint density at radius 2 is 1.91 bits per heavy atom. The normalized spacial score (nSPS) is 14.7. The number of carbonyl (C=O) groups is 1. The highest BCUT2D eigenvalue weighted by Crippen LogP contribution is 2.37. The van der Waals surface area contributed by atoms with Crippen LogP contribution in [0, 0.1) is 0 Å². The van der Waals surface area contributed by atoms with E-state index in [1.165, 1.54) is 22.5 Å². The third-order valence-electron chi connectivity index (χ3n) is 4.72. The molecule has 1 amide bonds. The quantitative estimate of drug-likeness (QED) is 0.584. The Bertz CT molecular complexity index is 1050. The summed E-state index contributed by atoms with van der Waals surface area (Å²) in [5, 5.41) is 2.99. The number of hydrogen-bond acceptors (Lipinski definition) is 6. The number of nitrogens with one attached hydrogen (secondary N) is 1. The van der Waals surface area contributed by atoms with Gasteiger partial charge in [0.15, 0.2) is 11.5 Å². The van der Waals surface area contributed by atoms with E-state index in [9.17, 15) is 13.2 Å². The molecule has 0 spiro atoms. The molecule has 1 aliphatic rings. The zero-order valence-corrected chi connectivity index (χ0v) is 19.7. The van der Waals surface area contributed by atoms with E-state index in [4.69, 9.17) is 25.8 Å². The Labute approximate surface area is 193 Å². The monoisotopic (exact) mass is 482 g/mol. The van der Waals surface area contributed by atoms with Crippen molar-refractivity contribution in [3.63, 3.8) is 0 Å². The fraction of sp³-hybridized carbons (Fsp3) is 0.409. The second-order valence-electron chi connectivity index (χ2n) is 7.07. The lowest BCUT2D eigenvalue weighted by molar-refractivity contribution is 0.0730. The molecule has 8 nitrogen and oxygen atoms in total. The molecule has 0 aromatic heterocycles. The van der Waals surface area contributed by atoms with Crippen molar-refractivity contribution >= 4 is 33.2 Å². The Morgan fingerprint density at radius 1 is 1.16 bits per heavy atom. The van der Waals surface area contributed by atoms with Crippen LogP contribution in [0.3, 0.4) is 0 Å². The van der Waals surface area contributed by atoms with Crippen molar-refractivity contribution in [2.45, 2.75) is 25.2 Å². The van der Waals surface area contributed by atoms with E-state index in [-0.39, 0.29) is 15.5 Å². The summed E-state index contributed by atoms with van der Waals surface area (Å²) in [5.41, 5.74) is 0.619. The molecular weight excluding hydrogens is 456 g/mol. The minimum atomic E-state index is -3.68. The van der Waals surface area contributed by atoms with E-state index < -0.39 is 15.9 Å². The van der Waals surface area contributed by atoms with Crippen molar-refractivity contribution in [2.75, 3.05) is 44.8 Å². The average Bonchev–Trinajstić information content (AvgIpc) is 2.79. The number of benzene rings is 2. The number of rotatable bonds is 9. The average molecular weight is 483 g/mol. The van der Waals surface area contributed by atoms with Crippen LogP contribution in [-0.2, 0) is 14.8 Å². The van der Waals surface area contributed by atoms with E-state index >= 15 is 0 Å². The van der Waals surface area contributed by atoms with Gasteiger partial charge in [0.2, 0.25) is 10.0 Å². The Morgan fingerprint density at radius 3 is 2.59 bits per heavy atom. The van der Waals surface area contributed by atoms with Crippen molar-refractivity contribution in [1.82, 2.24) is 4.31 Å². The number of halogens is 1. The number of morpholine rings is 1. The van der Waals surface area contributed by atoms with E-state index in [0.717, 1.165) is 6.42 Å². The Hall–Kier alpha value is -2.33. The SMILES string of the molecule is CCCOc1c(Cl)cc(C(=O)Nc2cccc(S(=O)(=O)N3CCOCC3)c2)cc1OCC. The van der Waals surface area contributed by atoms with Gasteiger partial charge in [0.05, 0.1) is 36.3 Å². The van der Waals surface area contributed by atoms with Crippen LogP contribution in [-0.4, -0.2) is 58.1 Å². The number of ether oxygens (including phenoxy) is 3. The Kier molecular flexibility index (Phi) is 8.36. The largest absolute Gasteiger partial charge is 0.490 e. The molecule has 1 saturated heterocycles. The molecule has 2 aromatic carbocycles. The first-order chi connectivity index (χ1) is 15.4. The van der Waals surface area contributed by atoms with Gasteiger partial charge in [-0.3, -0.25) is 4.79 Å². The summed E-state index contributed by atoms with van der Waals surface area (Å²) in [6.07, 6.45) is 0.799. The van der Waals surface area contributed by atoms with Gasteiger partial charge >= 0.3 is 0 Å². The van der Waals surface area contributed by atoms with Crippen molar-refractivity contribution in [3.05, 3.63) is 47.0 Å². The molecule has 1 aliphatic heterocycles. The van der Waals surface area contributed by atoms with Gasteiger partial charge in [-0.15, -0.1) is 0 Å². The molecule has 1 N–H and O–H groups in total. The van der Waals surface area contributed by atoms with Crippen LogP contribution in [0.4, 0.5) is 5.69 Å². The van der Waals surface area contributed by atoms with Crippen molar-refractivity contribution in [1.29, 1.82) is 0 Å².